The van der Waals surface area contributed by atoms with E-state index in [1.165, 1.54) is 0 Å². The summed E-state index contributed by atoms with van der Waals surface area (Å²) in [5.41, 5.74) is 8.76. The maximum absolute atomic E-state index is 5.89. The Morgan fingerprint density at radius 1 is 0.857 bits per heavy atom. The quantitative estimate of drug-likeness (QED) is 0.654. The topological polar surface area (TPSA) is 53.7 Å². The first-order valence-electron chi connectivity index (χ1n) is 6.87. The molecule has 0 bridgehead atoms. The van der Waals surface area contributed by atoms with Crippen molar-refractivity contribution in [3.05, 3.63) is 47.5 Å². The van der Waals surface area contributed by atoms with Crippen molar-refractivity contribution in [2.75, 3.05) is 26.1 Å². The number of hydrogen-bond acceptors (Lipinski definition) is 4. The van der Waals surface area contributed by atoms with E-state index < -0.39 is 0 Å². The monoisotopic (exact) mass is 287 g/mol. The van der Waals surface area contributed by atoms with E-state index in [1.54, 1.807) is 7.11 Å². The van der Waals surface area contributed by atoms with E-state index >= 15 is 0 Å². The van der Waals surface area contributed by atoms with Gasteiger partial charge in [-0.05, 0) is 37.1 Å². The lowest BCUT2D eigenvalue weighted by Crippen LogP contribution is -2.10. The molecule has 4 heteroatoms. The number of nitrogen functional groups attached to an aromatic ring is 1. The van der Waals surface area contributed by atoms with Gasteiger partial charge in [0, 0.05) is 11.8 Å². The van der Waals surface area contributed by atoms with Crippen LogP contribution in [0.3, 0.4) is 0 Å². The molecule has 0 heterocycles. The van der Waals surface area contributed by atoms with Gasteiger partial charge in [-0.25, -0.2) is 0 Å². The lowest BCUT2D eigenvalue weighted by molar-refractivity contribution is 0.210. The SMILES string of the molecule is COc1ccccc1OCCOc1cc(N)c(C)cc1C. The van der Waals surface area contributed by atoms with Crippen molar-refractivity contribution in [2.45, 2.75) is 13.8 Å². The Morgan fingerprint density at radius 3 is 2.14 bits per heavy atom. The smallest absolute Gasteiger partial charge is 0.161 e. The second kappa shape index (κ2) is 6.88. The van der Waals surface area contributed by atoms with Gasteiger partial charge in [0.15, 0.2) is 11.5 Å². The van der Waals surface area contributed by atoms with Crippen LogP contribution in [0.5, 0.6) is 17.2 Å². The molecule has 0 aromatic heterocycles. The molecule has 112 valence electrons. The van der Waals surface area contributed by atoms with E-state index in [0.717, 1.165) is 22.6 Å². The number of methoxy groups -OCH3 is 1. The zero-order chi connectivity index (χ0) is 15.2. The summed E-state index contributed by atoms with van der Waals surface area (Å²) in [7, 11) is 1.62. The molecule has 0 aliphatic rings. The molecule has 0 atom stereocenters. The van der Waals surface area contributed by atoms with E-state index in [0.29, 0.717) is 24.7 Å². The maximum Gasteiger partial charge on any atom is 0.161 e. The van der Waals surface area contributed by atoms with Crippen LogP contribution in [0.15, 0.2) is 36.4 Å². The highest BCUT2D eigenvalue weighted by molar-refractivity contribution is 5.54. The molecule has 2 aromatic rings. The average Bonchev–Trinajstić information content (AvgIpc) is 2.49. The summed E-state index contributed by atoms with van der Waals surface area (Å²) in [5, 5.41) is 0. The van der Waals surface area contributed by atoms with Crippen LogP contribution in [0.4, 0.5) is 5.69 Å². The number of aryl methyl sites for hydroxylation is 2. The van der Waals surface area contributed by atoms with Crippen molar-refractivity contribution in [1.82, 2.24) is 0 Å². The van der Waals surface area contributed by atoms with E-state index in [1.807, 2.05) is 50.2 Å². The molecule has 21 heavy (non-hydrogen) atoms. The minimum atomic E-state index is 0.438. The van der Waals surface area contributed by atoms with Gasteiger partial charge in [-0.2, -0.15) is 0 Å². The molecular formula is C17H21NO3. The standard InChI is InChI=1S/C17H21NO3/c1-12-10-13(2)17(11-14(12)18)21-9-8-20-16-7-5-4-6-15(16)19-3/h4-7,10-11H,8-9,18H2,1-3H3. The molecule has 0 saturated heterocycles. The zero-order valence-corrected chi connectivity index (χ0v) is 12.7. The molecule has 4 nitrogen and oxygen atoms in total. The molecule has 2 aromatic carbocycles. The van der Waals surface area contributed by atoms with Gasteiger partial charge < -0.3 is 19.9 Å². The molecule has 0 spiro atoms. The first-order valence-corrected chi connectivity index (χ1v) is 6.87. The molecular weight excluding hydrogens is 266 g/mol. The highest BCUT2D eigenvalue weighted by atomic mass is 16.5. The third-order valence-electron chi connectivity index (χ3n) is 3.23. The van der Waals surface area contributed by atoms with E-state index in [4.69, 9.17) is 19.9 Å². The average molecular weight is 287 g/mol. The summed E-state index contributed by atoms with van der Waals surface area (Å²) >= 11 is 0. The third-order valence-corrected chi connectivity index (χ3v) is 3.23. The van der Waals surface area contributed by atoms with Crippen LogP contribution in [0.1, 0.15) is 11.1 Å². The first kappa shape index (κ1) is 15.0. The van der Waals surface area contributed by atoms with Crippen LogP contribution in [-0.2, 0) is 0 Å². The van der Waals surface area contributed by atoms with Gasteiger partial charge in [-0.1, -0.05) is 18.2 Å². The number of anilines is 1. The number of nitrogens with two attached hydrogens (primary N) is 1. The van der Waals surface area contributed by atoms with Crippen LogP contribution in [0.2, 0.25) is 0 Å². The summed E-state index contributed by atoms with van der Waals surface area (Å²) < 4.78 is 16.6. The number of rotatable bonds is 6. The van der Waals surface area contributed by atoms with Crippen molar-refractivity contribution in [2.24, 2.45) is 0 Å². The second-order valence-corrected chi connectivity index (χ2v) is 4.82. The van der Waals surface area contributed by atoms with E-state index in [2.05, 4.69) is 0 Å². The van der Waals surface area contributed by atoms with Gasteiger partial charge >= 0.3 is 0 Å². The molecule has 0 aliphatic carbocycles. The Morgan fingerprint density at radius 2 is 1.48 bits per heavy atom. The Kier molecular flexibility index (Phi) is 4.93. The summed E-state index contributed by atoms with van der Waals surface area (Å²) in [5.74, 6) is 2.22. The molecule has 2 N–H and O–H groups in total. The highest BCUT2D eigenvalue weighted by Crippen LogP contribution is 2.26. The Labute approximate surface area is 125 Å². The molecule has 2 rings (SSSR count). The van der Waals surface area contributed by atoms with Crippen molar-refractivity contribution in [3.63, 3.8) is 0 Å². The number of ether oxygens (including phenoxy) is 3. The minimum absolute atomic E-state index is 0.438. The van der Waals surface area contributed by atoms with Crippen LogP contribution in [0, 0.1) is 13.8 Å². The Bertz CT molecular complexity index is 611. The predicted molar refractivity (Wildman–Crippen MR) is 84.3 cm³/mol. The van der Waals surface area contributed by atoms with Crippen molar-refractivity contribution in [1.29, 1.82) is 0 Å². The predicted octanol–water partition coefficient (Wildman–Crippen LogP) is 3.35. The molecule has 0 saturated carbocycles. The fourth-order valence-electron chi connectivity index (χ4n) is 2.04. The number of hydrogen-bond donors (Lipinski definition) is 1. The number of benzene rings is 2. The van der Waals surface area contributed by atoms with Gasteiger partial charge in [0.25, 0.3) is 0 Å². The van der Waals surface area contributed by atoms with Gasteiger partial charge in [-0.15, -0.1) is 0 Å². The summed E-state index contributed by atoms with van der Waals surface area (Å²) in [6, 6.07) is 11.4. The normalized spacial score (nSPS) is 10.2. The fraction of sp³-hybridized carbons (Fsp3) is 0.294. The molecule has 0 radical (unpaired) electrons. The molecule has 0 unspecified atom stereocenters. The Balaban J connectivity index is 1.89. The third kappa shape index (κ3) is 3.81. The van der Waals surface area contributed by atoms with Gasteiger partial charge in [0.1, 0.15) is 19.0 Å². The van der Waals surface area contributed by atoms with Crippen LogP contribution in [0.25, 0.3) is 0 Å². The maximum atomic E-state index is 5.89. The van der Waals surface area contributed by atoms with E-state index in [-0.39, 0.29) is 0 Å². The highest BCUT2D eigenvalue weighted by Gasteiger charge is 2.05. The van der Waals surface area contributed by atoms with Crippen molar-refractivity contribution in [3.8, 4) is 17.2 Å². The largest absolute Gasteiger partial charge is 0.493 e. The van der Waals surface area contributed by atoms with Gasteiger partial charge in [0.05, 0.1) is 7.11 Å². The second-order valence-electron chi connectivity index (χ2n) is 4.82. The Hall–Kier alpha value is -2.36. The number of para-hydroxylation sites is 2. The summed E-state index contributed by atoms with van der Waals surface area (Å²) in [6.45, 7) is 4.87. The molecule has 0 fully saturated rings. The van der Waals surface area contributed by atoms with Gasteiger partial charge in [-0.3, -0.25) is 0 Å². The molecule has 0 aliphatic heterocycles. The summed E-state index contributed by atoms with van der Waals surface area (Å²) in [4.78, 5) is 0. The van der Waals surface area contributed by atoms with Crippen molar-refractivity contribution >= 4 is 5.69 Å². The van der Waals surface area contributed by atoms with Crippen LogP contribution >= 0.6 is 0 Å². The summed E-state index contributed by atoms with van der Waals surface area (Å²) in [6.07, 6.45) is 0. The van der Waals surface area contributed by atoms with Crippen LogP contribution < -0.4 is 19.9 Å². The minimum Gasteiger partial charge on any atom is -0.493 e. The first-order chi connectivity index (χ1) is 10.1. The molecule has 0 amide bonds. The lowest BCUT2D eigenvalue weighted by Gasteiger charge is -2.13. The fourth-order valence-corrected chi connectivity index (χ4v) is 2.04. The van der Waals surface area contributed by atoms with Gasteiger partial charge in [0.2, 0.25) is 0 Å². The van der Waals surface area contributed by atoms with Crippen molar-refractivity contribution < 1.29 is 14.2 Å². The van der Waals surface area contributed by atoms with Crippen LogP contribution in [-0.4, -0.2) is 20.3 Å². The lowest BCUT2D eigenvalue weighted by atomic mass is 10.1. The van der Waals surface area contributed by atoms with E-state index in [9.17, 15) is 0 Å². The zero-order valence-electron chi connectivity index (χ0n) is 12.7.